The zero-order valence-corrected chi connectivity index (χ0v) is 21.1. The van der Waals surface area contributed by atoms with Gasteiger partial charge in [0.15, 0.2) is 0 Å². The number of rotatable bonds is 6. The average molecular weight is 497 g/mol. The van der Waals surface area contributed by atoms with Crippen LogP contribution < -0.4 is 10.0 Å². The van der Waals surface area contributed by atoms with Gasteiger partial charge in [0.25, 0.3) is 0 Å². The molecular formula is C27H33FN4O2S. The van der Waals surface area contributed by atoms with Gasteiger partial charge in [-0.25, -0.2) is 18.7 Å². The topological polar surface area (TPSA) is 81.2 Å². The van der Waals surface area contributed by atoms with E-state index in [1.54, 1.807) is 12.3 Å². The molecule has 1 saturated carbocycles. The second-order valence-electron chi connectivity index (χ2n) is 9.28. The average Bonchev–Trinajstić information content (AvgIpc) is 3.55. The predicted octanol–water partition coefficient (Wildman–Crippen LogP) is 4.69. The van der Waals surface area contributed by atoms with Crippen molar-refractivity contribution in [2.75, 3.05) is 4.90 Å². The van der Waals surface area contributed by atoms with Gasteiger partial charge in [-0.2, -0.15) is 0 Å². The first-order valence-electron chi connectivity index (χ1n) is 12.2. The molecule has 3 aromatic rings. The summed E-state index contributed by atoms with van der Waals surface area (Å²) < 4.78 is 25.1. The Morgan fingerprint density at radius 3 is 2.54 bits per heavy atom. The second-order valence-corrected chi connectivity index (χ2v) is 10.3. The summed E-state index contributed by atoms with van der Waals surface area (Å²) in [6, 6.07) is 12.3. The van der Waals surface area contributed by atoms with Crippen molar-refractivity contribution >= 4 is 22.6 Å². The third-order valence-corrected chi connectivity index (χ3v) is 7.71. The highest BCUT2D eigenvalue weighted by Crippen LogP contribution is 2.43. The molecule has 3 atom stereocenters. The van der Waals surface area contributed by atoms with E-state index in [1.807, 2.05) is 22.7 Å². The highest BCUT2D eigenvalue weighted by molar-refractivity contribution is 7.82. The van der Waals surface area contributed by atoms with Crippen LogP contribution in [0, 0.1) is 17.7 Å². The Balaban J connectivity index is 0.000000243. The maximum absolute atomic E-state index is 13.2. The van der Waals surface area contributed by atoms with E-state index in [0.29, 0.717) is 12.5 Å². The van der Waals surface area contributed by atoms with Crippen LogP contribution >= 0.6 is 0 Å². The molecule has 6 nitrogen and oxygen atoms in total. The molecule has 0 aliphatic heterocycles. The third-order valence-electron chi connectivity index (χ3n) is 6.95. The minimum Gasteiger partial charge on any atom is -0.337 e. The maximum Gasteiger partial charge on any atom is 0.230 e. The van der Waals surface area contributed by atoms with Crippen molar-refractivity contribution < 1.29 is 13.4 Å². The first-order chi connectivity index (χ1) is 16.9. The second kappa shape index (κ2) is 11.3. The lowest BCUT2D eigenvalue weighted by Gasteiger charge is -2.25. The highest BCUT2D eigenvalue weighted by Gasteiger charge is 2.44. The summed E-state index contributed by atoms with van der Waals surface area (Å²) in [6.07, 6.45) is 10.7. The van der Waals surface area contributed by atoms with E-state index in [0.717, 1.165) is 30.8 Å². The molecule has 186 valence electrons. The summed E-state index contributed by atoms with van der Waals surface area (Å²) in [7, 11) is 0.274. The lowest BCUT2D eigenvalue weighted by atomic mass is 9.91. The molecule has 3 unspecified atom stereocenters. The Morgan fingerprint density at radius 1 is 1.20 bits per heavy atom. The molecule has 2 N–H and O–H groups in total. The van der Waals surface area contributed by atoms with Gasteiger partial charge < -0.3 is 9.47 Å². The van der Waals surface area contributed by atoms with Gasteiger partial charge in [-0.15, -0.1) is 0 Å². The number of hydrogen-bond donors (Lipinski definition) is 1. The number of aryl methyl sites for hydroxylation is 3. The van der Waals surface area contributed by atoms with Crippen molar-refractivity contribution in [1.29, 1.82) is 0 Å². The fraction of sp³-hybridized carbons (Fsp3) is 0.407. The Labute approximate surface area is 208 Å². The van der Waals surface area contributed by atoms with Crippen LogP contribution in [0.5, 0.6) is 0 Å². The number of nitrogens with two attached hydrogens (primary N) is 1. The smallest absolute Gasteiger partial charge is 0.230 e. The molecular weight excluding hydrogens is 463 g/mol. The Kier molecular flexibility index (Phi) is 8.13. The quantitative estimate of drug-likeness (QED) is 0.538. The van der Waals surface area contributed by atoms with Crippen molar-refractivity contribution in [2.45, 2.75) is 56.9 Å². The third kappa shape index (κ3) is 6.05. The SMILES string of the molecule is CCC1CC1C(=O)N(Cc1nccn1C)c1ccc2c(c1)CCCC2.NS(=O)c1ccccc1F. The monoisotopic (exact) mass is 496 g/mol. The van der Waals surface area contributed by atoms with E-state index in [2.05, 4.69) is 30.1 Å². The van der Waals surface area contributed by atoms with Gasteiger partial charge in [0, 0.05) is 31.0 Å². The van der Waals surface area contributed by atoms with Gasteiger partial charge in [-0.05, 0) is 73.4 Å². The molecule has 1 amide bonds. The molecule has 35 heavy (non-hydrogen) atoms. The van der Waals surface area contributed by atoms with E-state index in [1.165, 1.54) is 48.6 Å². The predicted molar refractivity (Wildman–Crippen MR) is 136 cm³/mol. The minimum atomic E-state index is -1.72. The minimum absolute atomic E-state index is 0.0440. The van der Waals surface area contributed by atoms with Gasteiger partial charge in [0.2, 0.25) is 5.91 Å². The zero-order valence-electron chi connectivity index (χ0n) is 20.3. The van der Waals surface area contributed by atoms with Gasteiger partial charge in [-0.1, -0.05) is 31.5 Å². The summed E-state index contributed by atoms with van der Waals surface area (Å²) in [5, 5.41) is 4.95. The van der Waals surface area contributed by atoms with Crippen LogP contribution in [0.4, 0.5) is 10.1 Å². The van der Waals surface area contributed by atoms with Crippen LogP contribution in [-0.2, 0) is 42.2 Å². The maximum atomic E-state index is 13.2. The van der Waals surface area contributed by atoms with E-state index >= 15 is 0 Å². The summed E-state index contributed by atoms with van der Waals surface area (Å²) >= 11 is 0. The number of hydrogen-bond acceptors (Lipinski definition) is 3. The van der Waals surface area contributed by atoms with Crippen LogP contribution in [-0.4, -0.2) is 19.7 Å². The lowest BCUT2D eigenvalue weighted by Crippen LogP contribution is -2.33. The van der Waals surface area contributed by atoms with Crippen LogP contribution in [0.2, 0.25) is 0 Å². The molecule has 1 aromatic heterocycles. The van der Waals surface area contributed by atoms with Gasteiger partial charge in [0.1, 0.15) is 22.6 Å². The number of halogens is 1. The number of carbonyl (C=O) groups excluding carboxylic acids is 1. The zero-order chi connectivity index (χ0) is 24.9. The number of aromatic nitrogens is 2. The normalized spacial score (nSPS) is 19.2. The summed E-state index contributed by atoms with van der Waals surface area (Å²) in [5.41, 5.74) is 3.91. The molecule has 2 aliphatic rings. The molecule has 1 fully saturated rings. The molecule has 2 aromatic carbocycles. The van der Waals surface area contributed by atoms with E-state index in [9.17, 15) is 13.4 Å². The summed E-state index contributed by atoms with van der Waals surface area (Å²) in [4.78, 5) is 19.6. The van der Waals surface area contributed by atoms with Crippen LogP contribution in [0.15, 0.2) is 59.8 Å². The Hall–Kier alpha value is -2.84. The standard InChI is InChI=1S/C21H27N3O.C6H6FNOS/c1-3-15-13-19(15)21(25)24(14-20-22-10-11-23(20)2)18-9-8-16-6-4-5-7-17(16)12-18;7-5-3-1-2-4-6(5)10(8)9/h8-12,15,19H,3-7,13-14H2,1-2H3;1-4H,8H2. The van der Waals surface area contributed by atoms with Crippen LogP contribution in [0.3, 0.4) is 0 Å². The number of carbonyl (C=O) groups is 1. The fourth-order valence-corrected chi connectivity index (χ4v) is 5.16. The number of amides is 1. The van der Waals surface area contributed by atoms with Crippen molar-refractivity contribution in [3.8, 4) is 0 Å². The van der Waals surface area contributed by atoms with Gasteiger partial charge in [-0.3, -0.25) is 4.79 Å². The molecule has 0 radical (unpaired) electrons. The highest BCUT2D eigenvalue weighted by atomic mass is 32.2. The van der Waals surface area contributed by atoms with Crippen LogP contribution in [0.25, 0.3) is 0 Å². The molecule has 1 heterocycles. The molecule has 5 rings (SSSR count). The number of fused-ring (bicyclic) bond motifs is 1. The van der Waals surface area contributed by atoms with Crippen molar-refractivity contribution in [3.05, 3.63) is 77.6 Å². The number of anilines is 1. The van der Waals surface area contributed by atoms with E-state index in [-0.39, 0.29) is 16.7 Å². The molecule has 0 bridgehead atoms. The Bertz CT molecular complexity index is 1210. The van der Waals surface area contributed by atoms with Crippen LogP contribution in [0.1, 0.15) is 49.6 Å². The molecule has 2 aliphatic carbocycles. The summed E-state index contributed by atoms with van der Waals surface area (Å²) in [5.74, 6) is 1.43. The van der Waals surface area contributed by atoms with Gasteiger partial charge >= 0.3 is 0 Å². The largest absolute Gasteiger partial charge is 0.337 e. The number of imidazole rings is 1. The first-order valence-corrected chi connectivity index (χ1v) is 13.4. The summed E-state index contributed by atoms with van der Waals surface area (Å²) in [6.45, 7) is 2.73. The fourth-order valence-electron chi connectivity index (χ4n) is 4.68. The van der Waals surface area contributed by atoms with Gasteiger partial charge in [0.05, 0.1) is 11.4 Å². The lowest BCUT2D eigenvalue weighted by molar-refractivity contribution is -0.120. The molecule has 8 heteroatoms. The Morgan fingerprint density at radius 2 is 1.94 bits per heavy atom. The van der Waals surface area contributed by atoms with E-state index < -0.39 is 16.8 Å². The van der Waals surface area contributed by atoms with Crippen molar-refractivity contribution in [1.82, 2.24) is 9.55 Å². The first kappa shape index (κ1) is 25.3. The molecule has 0 spiro atoms. The van der Waals surface area contributed by atoms with E-state index in [4.69, 9.17) is 5.14 Å². The van der Waals surface area contributed by atoms with Crippen molar-refractivity contribution in [2.24, 2.45) is 24.0 Å². The molecule has 0 saturated heterocycles. The number of benzene rings is 2. The number of nitrogens with zero attached hydrogens (tertiary/aromatic N) is 3. The van der Waals surface area contributed by atoms with Crippen molar-refractivity contribution in [3.63, 3.8) is 0 Å².